The van der Waals surface area contributed by atoms with Gasteiger partial charge in [-0.3, -0.25) is 14.3 Å². The average Bonchev–Trinajstić information content (AvgIpc) is 2.55. The standard InChI is InChI=1S/C16H19N2O4P/c1-2-14(13-9-6-10-17-11-13)23(21,22)18-15(16(19)20)12-7-4-3-5-8-12/h3-11,14-15H,2H2,1H3,(H,19,20)(H2,18,21,22). The highest BCUT2D eigenvalue weighted by Crippen LogP contribution is 2.55. The summed E-state index contributed by atoms with van der Waals surface area (Å²) in [5.74, 6) is -1.20. The maximum atomic E-state index is 12.8. The second-order valence-corrected chi connectivity index (χ2v) is 7.27. The lowest BCUT2D eigenvalue weighted by Crippen LogP contribution is -2.28. The summed E-state index contributed by atoms with van der Waals surface area (Å²) in [4.78, 5) is 25.9. The summed E-state index contributed by atoms with van der Waals surface area (Å²) in [5.41, 5.74) is 0.308. The zero-order valence-corrected chi connectivity index (χ0v) is 13.6. The summed E-state index contributed by atoms with van der Waals surface area (Å²) in [7, 11) is -3.97. The van der Waals surface area contributed by atoms with Gasteiger partial charge in [0.2, 0.25) is 0 Å². The summed E-state index contributed by atoms with van der Waals surface area (Å²) in [6.07, 6.45) is 3.49. The molecule has 3 unspecified atom stereocenters. The van der Waals surface area contributed by atoms with E-state index in [4.69, 9.17) is 0 Å². The number of rotatable bonds is 7. The Kier molecular flexibility index (Phi) is 5.66. The van der Waals surface area contributed by atoms with Gasteiger partial charge in [-0.1, -0.05) is 43.3 Å². The van der Waals surface area contributed by atoms with Crippen LogP contribution in [-0.4, -0.2) is 21.0 Å². The van der Waals surface area contributed by atoms with Crippen LogP contribution in [0.2, 0.25) is 0 Å². The fourth-order valence-corrected chi connectivity index (χ4v) is 4.31. The molecule has 0 aliphatic heterocycles. The molecule has 0 saturated heterocycles. The van der Waals surface area contributed by atoms with Crippen molar-refractivity contribution in [2.24, 2.45) is 0 Å². The summed E-state index contributed by atoms with van der Waals surface area (Å²) < 4.78 is 12.8. The number of carboxylic acids is 1. The number of aliphatic carboxylic acids is 1. The highest BCUT2D eigenvalue weighted by atomic mass is 31.2. The molecule has 1 aromatic carbocycles. The van der Waals surface area contributed by atoms with Crippen molar-refractivity contribution in [2.45, 2.75) is 25.0 Å². The van der Waals surface area contributed by atoms with Gasteiger partial charge in [-0.2, -0.15) is 0 Å². The van der Waals surface area contributed by atoms with Crippen molar-refractivity contribution in [1.82, 2.24) is 10.1 Å². The van der Waals surface area contributed by atoms with Crippen molar-refractivity contribution >= 4 is 13.5 Å². The Labute approximate surface area is 134 Å². The first-order valence-corrected chi connectivity index (χ1v) is 8.96. The summed E-state index contributed by atoms with van der Waals surface area (Å²) in [6, 6.07) is 10.5. The van der Waals surface area contributed by atoms with Gasteiger partial charge < -0.3 is 10.00 Å². The molecule has 0 aliphatic rings. The van der Waals surface area contributed by atoms with E-state index >= 15 is 0 Å². The van der Waals surface area contributed by atoms with Crippen molar-refractivity contribution in [3.63, 3.8) is 0 Å². The van der Waals surface area contributed by atoms with E-state index in [1.54, 1.807) is 55.6 Å². The zero-order valence-electron chi connectivity index (χ0n) is 12.7. The molecule has 0 bridgehead atoms. The van der Waals surface area contributed by atoms with Crippen molar-refractivity contribution in [3.8, 4) is 0 Å². The minimum atomic E-state index is -3.97. The average molecular weight is 334 g/mol. The fourth-order valence-electron chi connectivity index (χ4n) is 2.45. The largest absolute Gasteiger partial charge is 0.480 e. The molecule has 2 aromatic rings. The number of benzene rings is 1. The van der Waals surface area contributed by atoms with Crippen LogP contribution in [0, 0.1) is 0 Å². The lowest BCUT2D eigenvalue weighted by Gasteiger charge is -2.26. The van der Waals surface area contributed by atoms with E-state index in [9.17, 15) is 19.4 Å². The molecule has 3 atom stereocenters. The Morgan fingerprint density at radius 3 is 2.39 bits per heavy atom. The van der Waals surface area contributed by atoms with Crippen LogP contribution in [0.15, 0.2) is 54.9 Å². The van der Waals surface area contributed by atoms with Crippen molar-refractivity contribution in [2.75, 3.05) is 0 Å². The Morgan fingerprint density at radius 1 is 1.22 bits per heavy atom. The molecule has 23 heavy (non-hydrogen) atoms. The Morgan fingerprint density at radius 2 is 1.87 bits per heavy atom. The molecular formula is C16H19N2O4P. The van der Waals surface area contributed by atoms with Crippen LogP contribution in [0.3, 0.4) is 0 Å². The van der Waals surface area contributed by atoms with Gasteiger partial charge in [0.1, 0.15) is 6.04 Å². The maximum Gasteiger partial charge on any atom is 0.325 e. The summed E-state index contributed by atoms with van der Waals surface area (Å²) in [6.45, 7) is 1.78. The second-order valence-electron chi connectivity index (χ2n) is 5.14. The smallest absolute Gasteiger partial charge is 0.325 e. The molecule has 0 amide bonds. The summed E-state index contributed by atoms with van der Waals surface area (Å²) >= 11 is 0. The molecule has 0 fully saturated rings. The van der Waals surface area contributed by atoms with E-state index in [1.807, 2.05) is 0 Å². The lowest BCUT2D eigenvalue weighted by molar-refractivity contribution is -0.139. The second kappa shape index (κ2) is 7.51. The molecule has 1 aromatic heterocycles. The SMILES string of the molecule is CCC(c1cccnc1)P(=O)(O)NC(C(=O)O)c1ccccc1. The van der Waals surface area contributed by atoms with Gasteiger partial charge >= 0.3 is 5.97 Å². The van der Waals surface area contributed by atoms with E-state index in [0.717, 1.165) is 0 Å². The van der Waals surface area contributed by atoms with Crippen LogP contribution in [-0.2, 0) is 9.36 Å². The molecule has 0 aliphatic carbocycles. The van der Waals surface area contributed by atoms with Crippen LogP contribution in [0.1, 0.15) is 36.2 Å². The van der Waals surface area contributed by atoms with E-state index in [0.29, 0.717) is 17.5 Å². The molecule has 122 valence electrons. The van der Waals surface area contributed by atoms with Gasteiger partial charge in [-0.15, -0.1) is 0 Å². The van der Waals surface area contributed by atoms with E-state index < -0.39 is 25.2 Å². The van der Waals surface area contributed by atoms with Crippen LogP contribution in [0.25, 0.3) is 0 Å². The van der Waals surface area contributed by atoms with E-state index in [1.165, 1.54) is 6.20 Å². The molecule has 0 radical (unpaired) electrons. The van der Waals surface area contributed by atoms with Gasteiger partial charge in [-0.05, 0) is 23.6 Å². The van der Waals surface area contributed by atoms with Crippen molar-refractivity contribution in [3.05, 3.63) is 66.0 Å². The molecule has 6 nitrogen and oxygen atoms in total. The van der Waals surface area contributed by atoms with Gasteiger partial charge in [-0.25, -0.2) is 5.09 Å². The Bertz CT molecular complexity index is 694. The first-order chi connectivity index (χ1) is 11.0. The number of carbonyl (C=O) groups is 1. The summed E-state index contributed by atoms with van der Waals surface area (Å²) in [5, 5.41) is 11.9. The first-order valence-electron chi connectivity index (χ1n) is 7.23. The van der Waals surface area contributed by atoms with Gasteiger partial charge in [0.05, 0.1) is 5.66 Å². The Hall–Kier alpha value is -2.01. The first kappa shape index (κ1) is 17.3. The number of carboxylic acid groups (broad SMARTS) is 1. The van der Waals surface area contributed by atoms with E-state index in [2.05, 4.69) is 10.1 Å². The zero-order chi connectivity index (χ0) is 16.9. The van der Waals surface area contributed by atoms with Crippen molar-refractivity contribution < 1.29 is 19.4 Å². The van der Waals surface area contributed by atoms with Crippen molar-refractivity contribution in [1.29, 1.82) is 0 Å². The Balaban J connectivity index is 2.30. The molecule has 0 spiro atoms. The van der Waals surface area contributed by atoms with Crippen LogP contribution < -0.4 is 5.09 Å². The van der Waals surface area contributed by atoms with Gasteiger partial charge in [0.15, 0.2) is 0 Å². The van der Waals surface area contributed by atoms with Gasteiger partial charge in [0, 0.05) is 12.4 Å². The predicted molar refractivity (Wildman–Crippen MR) is 87.0 cm³/mol. The number of nitrogens with one attached hydrogen (secondary N) is 1. The molecular weight excluding hydrogens is 315 g/mol. The fraction of sp³-hybridized carbons (Fsp3) is 0.250. The number of pyridine rings is 1. The third-order valence-corrected chi connectivity index (χ3v) is 5.71. The highest BCUT2D eigenvalue weighted by Gasteiger charge is 2.36. The number of hydrogen-bond acceptors (Lipinski definition) is 3. The molecule has 7 heteroatoms. The van der Waals surface area contributed by atoms with E-state index in [-0.39, 0.29) is 0 Å². The molecule has 3 N–H and O–H groups in total. The molecule has 2 rings (SSSR count). The number of nitrogens with zero attached hydrogens (tertiary/aromatic N) is 1. The van der Waals surface area contributed by atoms with Crippen LogP contribution >= 0.6 is 7.52 Å². The monoisotopic (exact) mass is 334 g/mol. The molecule has 0 saturated carbocycles. The van der Waals surface area contributed by atoms with Gasteiger partial charge in [0.25, 0.3) is 7.52 Å². The van der Waals surface area contributed by atoms with Crippen LogP contribution in [0.4, 0.5) is 0 Å². The predicted octanol–water partition coefficient (Wildman–Crippen LogP) is 3.13. The van der Waals surface area contributed by atoms with Crippen LogP contribution in [0.5, 0.6) is 0 Å². The quantitative estimate of drug-likeness (QED) is 0.673. The number of hydrogen-bond donors (Lipinski definition) is 3. The highest BCUT2D eigenvalue weighted by molar-refractivity contribution is 7.56. The topological polar surface area (TPSA) is 99.5 Å². The third-order valence-electron chi connectivity index (χ3n) is 3.57. The lowest BCUT2D eigenvalue weighted by atomic mass is 10.1. The minimum absolute atomic E-state index is 0.383. The minimum Gasteiger partial charge on any atom is -0.480 e. The normalized spacial score (nSPS) is 16.3. The molecule has 1 heterocycles. The third kappa shape index (κ3) is 4.26. The number of aromatic nitrogens is 1. The maximum absolute atomic E-state index is 12.8.